The Hall–Kier alpha value is -2.64. The van der Waals surface area contributed by atoms with Crippen LogP contribution in [0.15, 0.2) is 23.1 Å². The van der Waals surface area contributed by atoms with Crippen LogP contribution in [0.5, 0.6) is 0 Å². The molecule has 0 aliphatic heterocycles. The summed E-state index contributed by atoms with van der Waals surface area (Å²) in [6, 6.07) is 1.79. The van der Waals surface area contributed by atoms with Gasteiger partial charge in [-0.15, -0.1) is 0 Å². The quantitative estimate of drug-likeness (QED) is 0.630. The number of aromatic nitrogens is 1. The molecule has 0 bridgehead atoms. The summed E-state index contributed by atoms with van der Waals surface area (Å²) in [6.07, 6.45) is 1.08. The molecule has 2 amide bonds. The Labute approximate surface area is 133 Å². The van der Waals surface area contributed by atoms with Gasteiger partial charge in [0.25, 0.3) is 5.56 Å². The molecule has 0 aliphatic rings. The summed E-state index contributed by atoms with van der Waals surface area (Å²) in [6.45, 7) is 5.02. The number of carbonyl (C=O) groups excluding carboxylic acids is 2. The first kappa shape index (κ1) is 18.4. The molecule has 1 aromatic rings. The van der Waals surface area contributed by atoms with E-state index in [1.165, 1.54) is 10.6 Å². The number of aliphatic carboxylic acids is 1. The van der Waals surface area contributed by atoms with E-state index in [4.69, 9.17) is 10.8 Å². The molecule has 8 heteroatoms. The highest BCUT2D eigenvalue weighted by atomic mass is 16.4. The van der Waals surface area contributed by atoms with Gasteiger partial charge in [-0.05, 0) is 32.4 Å². The molecule has 0 radical (unpaired) electrons. The number of carboxylic acids is 1. The molecule has 0 saturated carbocycles. The van der Waals surface area contributed by atoms with E-state index in [0.29, 0.717) is 0 Å². The maximum absolute atomic E-state index is 12.3. The predicted molar refractivity (Wildman–Crippen MR) is 82.6 cm³/mol. The smallest absolute Gasteiger partial charge is 0.326 e. The zero-order chi connectivity index (χ0) is 17.8. The Bertz CT molecular complexity index is 678. The van der Waals surface area contributed by atoms with Crippen LogP contribution in [0.25, 0.3) is 0 Å². The Morgan fingerprint density at radius 2 is 2.00 bits per heavy atom. The topological polar surface area (TPSA) is 131 Å². The number of carboxylic acid groups (broad SMARTS) is 1. The minimum atomic E-state index is -1.39. The third-order valence-electron chi connectivity index (χ3n) is 3.34. The highest BCUT2D eigenvalue weighted by Crippen LogP contribution is 2.18. The molecule has 0 aliphatic carbocycles. The summed E-state index contributed by atoms with van der Waals surface area (Å²) in [5, 5.41) is 11.3. The van der Waals surface area contributed by atoms with E-state index in [2.05, 4.69) is 5.32 Å². The summed E-state index contributed by atoms with van der Waals surface area (Å²) >= 11 is 0. The van der Waals surface area contributed by atoms with Gasteiger partial charge < -0.3 is 20.7 Å². The number of amides is 2. The van der Waals surface area contributed by atoms with Gasteiger partial charge in [0.1, 0.15) is 6.04 Å². The fourth-order valence-electron chi connectivity index (χ4n) is 1.99. The van der Waals surface area contributed by atoms with E-state index in [9.17, 15) is 19.2 Å². The van der Waals surface area contributed by atoms with E-state index < -0.39 is 35.7 Å². The largest absolute Gasteiger partial charge is 0.480 e. The van der Waals surface area contributed by atoms with Gasteiger partial charge in [-0.3, -0.25) is 14.4 Å². The lowest BCUT2D eigenvalue weighted by molar-refractivity contribution is -0.145. The van der Waals surface area contributed by atoms with Crippen LogP contribution >= 0.6 is 0 Å². The maximum atomic E-state index is 12.3. The van der Waals surface area contributed by atoms with Crippen LogP contribution < -0.4 is 16.6 Å². The summed E-state index contributed by atoms with van der Waals surface area (Å²) in [7, 11) is 0. The average Bonchev–Trinajstić information content (AvgIpc) is 2.40. The van der Waals surface area contributed by atoms with Crippen LogP contribution in [0.3, 0.4) is 0 Å². The van der Waals surface area contributed by atoms with Crippen molar-refractivity contribution in [3.05, 3.63) is 34.2 Å². The summed E-state index contributed by atoms with van der Waals surface area (Å²) in [4.78, 5) is 46.1. The molecule has 1 aromatic heterocycles. The second kappa shape index (κ2) is 7.08. The molecule has 0 aromatic carbocycles. The average molecular weight is 323 g/mol. The number of carbonyl (C=O) groups is 3. The second-order valence-electron chi connectivity index (χ2n) is 6.09. The second-order valence-corrected chi connectivity index (χ2v) is 6.09. The molecule has 0 saturated heterocycles. The minimum absolute atomic E-state index is 0.0703. The molecule has 1 rings (SSSR count). The number of rotatable bonds is 7. The van der Waals surface area contributed by atoms with Crippen molar-refractivity contribution in [2.24, 2.45) is 11.1 Å². The first-order valence-electron chi connectivity index (χ1n) is 7.02. The molecular weight excluding hydrogens is 302 g/mol. The fourth-order valence-corrected chi connectivity index (χ4v) is 1.99. The van der Waals surface area contributed by atoms with E-state index >= 15 is 0 Å². The summed E-state index contributed by atoms with van der Waals surface area (Å²) in [5.41, 5.74) is 4.48. The molecule has 0 fully saturated rings. The van der Waals surface area contributed by atoms with Gasteiger partial charge in [-0.1, -0.05) is 0 Å². The Kier molecular flexibility index (Phi) is 5.67. The van der Waals surface area contributed by atoms with Crippen LogP contribution in [0, 0.1) is 12.3 Å². The van der Waals surface area contributed by atoms with Gasteiger partial charge >= 0.3 is 5.97 Å². The van der Waals surface area contributed by atoms with E-state index in [1.54, 1.807) is 33.0 Å². The third kappa shape index (κ3) is 5.24. The number of hydrogen-bond donors (Lipinski definition) is 3. The lowest BCUT2D eigenvalue weighted by Gasteiger charge is -2.26. The Balaban J connectivity index is 2.89. The molecule has 0 spiro atoms. The lowest BCUT2D eigenvalue weighted by Crippen LogP contribution is -2.49. The van der Waals surface area contributed by atoms with Crippen molar-refractivity contribution in [2.75, 3.05) is 0 Å². The lowest BCUT2D eigenvalue weighted by atomic mass is 9.91. The zero-order valence-electron chi connectivity index (χ0n) is 13.3. The Morgan fingerprint density at radius 3 is 2.48 bits per heavy atom. The highest BCUT2D eigenvalue weighted by Gasteiger charge is 2.32. The van der Waals surface area contributed by atoms with Crippen molar-refractivity contribution in [1.29, 1.82) is 0 Å². The van der Waals surface area contributed by atoms with Crippen LogP contribution in [-0.2, 0) is 20.9 Å². The van der Waals surface area contributed by atoms with Crippen LogP contribution in [0.1, 0.15) is 25.8 Å². The van der Waals surface area contributed by atoms with Crippen molar-refractivity contribution < 1.29 is 19.5 Å². The highest BCUT2D eigenvalue weighted by molar-refractivity contribution is 5.90. The standard InChI is InChI=1S/C15H21N3O5/c1-9-4-5-18(12(20)6-9)8-15(2,3)14(23)17-10(13(21)22)7-11(16)19/h4-6,10H,7-8H2,1-3H3,(H2,16,19)(H,17,23)(H,21,22). The number of nitrogens with one attached hydrogen (secondary N) is 1. The normalized spacial score (nSPS) is 12.5. The predicted octanol–water partition coefficient (Wildman–Crippen LogP) is -0.372. The third-order valence-corrected chi connectivity index (χ3v) is 3.34. The van der Waals surface area contributed by atoms with Crippen molar-refractivity contribution >= 4 is 17.8 Å². The van der Waals surface area contributed by atoms with Crippen molar-refractivity contribution in [3.63, 3.8) is 0 Å². The van der Waals surface area contributed by atoms with Crippen molar-refractivity contribution in [2.45, 2.75) is 39.8 Å². The van der Waals surface area contributed by atoms with Gasteiger partial charge in [-0.25, -0.2) is 4.79 Å². The first-order chi connectivity index (χ1) is 10.5. The number of hydrogen-bond acceptors (Lipinski definition) is 4. The molecule has 4 N–H and O–H groups in total. The number of pyridine rings is 1. The number of primary amides is 1. The maximum Gasteiger partial charge on any atom is 0.326 e. The number of nitrogens with zero attached hydrogens (tertiary/aromatic N) is 1. The minimum Gasteiger partial charge on any atom is -0.480 e. The van der Waals surface area contributed by atoms with Gasteiger partial charge in [0.2, 0.25) is 11.8 Å². The number of aryl methyl sites for hydroxylation is 1. The molecular formula is C15H21N3O5. The van der Waals surface area contributed by atoms with Crippen LogP contribution in [-0.4, -0.2) is 33.5 Å². The van der Waals surface area contributed by atoms with Gasteiger partial charge in [0.15, 0.2) is 0 Å². The first-order valence-corrected chi connectivity index (χ1v) is 7.02. The summed E-state index contributed by atoms with van der Waals surface area (Å²) < 4.78 is 1.37. The molecule has 23 heavy (non-hydrogen) atoms. The van der Waals surface area contributed by atoms with Gasteiger partial charge in [0, 0.05) is 18.8 Å². The SMILES string of the molecule is Cc1ccn(CC(C)(C)C(=O)NC(CC(N)=O)C(=O)O)c(=O)c1. The van der Waals surface area contributed by atoms with E-state index in [0.717, 1.165) is 5.56 Å². The fraction of sp³-hybridized carbons (Fsp3) is 0.467. The summed E-state index contributed by atoms with van der Waals surface area (Å²) in [5.74, 6) is -2.76. The molecule has 1 atom stereocenters. The van der Waals surface area contributed by atoms with Crippen molar-refractivity contribution in [3.8, 4) is 0 Å². The van der Waals surface area contributed by atoms with Gasteiger partial charge in [0.05, 0.1) is 11.8 Å². The van der Waals surface area contributed by atoms with Crippen LogP contribution in [0.2, 0.25) is 0 Å². The molecule has 1 unspecified atom stereocenters. The van der Waals surface area contributed by atoms with E-state index in [-0.39, 0.29) is 12.1 Å². The van der Waals surface area contributed by atoms with E-state index in [1.807, 2.05) is 0 Å². The van der Waals surface area contributed by atoms with Crippen LogP contribution in [0.4, 0.5) is 0 Å². The Morgan fingerprint density at radius 1 is 1.39 bits per heavy atom. The molecule has 8 nitrogen and oxygen atoms in total. The zero-order valence-corrected chi connectivity index (χ0v) is 13.3. The molecule has 126 valence electrons. The van der Waals surface area contributed by atoms with Gasteiger partial charge in [-0.2, -0.15) is 0 Å². The van der Waals surface area contributed by atoms with Crippen molar-refractivity contribution in [1.82, 2.24) is 9.88 Å². The molecule has 1 heterocycles. The number of nitrogens with two attached hydrogens (primary N) is 1. The monoisotopic (exact) mass is 323 g/mol.